The molecule has 3 aromatic rings. The molecule has 3 aromatic carbocycles. The van der Waals surface area contributed by atoms with Crippen molar-refractivity contribution < 1.29 is 4.39 Å². The number of benzene rings is 3. The van der Waals surface area contributed by atoms with Gasteiger partial charge in [0.05, 0.1) is 5.69 Å². The van der Waals surface area contributed by atoms with Gasteiger partial charge in [0.25, 0.3) is 0 Å². The average Bonchev–Trinajstić information content (AvgIpc) is 2.58. The van der Waals surface area contributed by atoms with Crippen LogP contribution < -0.4 is 0 Å². The van der Waals surface area contributed by atoms with Crippen molar-refractivity contribution in [3.63, 3.8) is 0 Å². The summed E-state index contributed by atoms with van der Waals surface area (Å²) in [6, 6.07) is 22.1. The zero-order chi connectivity index (χ0) is 16.1. The van der Waals surface area contributed by atoms with Gasteiger partial charge in [0.1, 0.15) is 5.82 Å². The van der Waals surface area contributed by atoms with Crippen LogP contribution in [0.2, 0.25) is 5.02 Å². The van der Waals surface area contributed by atoms with Crippen LogP contribution in [-0.2, 0) is 0 Å². The van der Waals surface area contributed by atoms with Crippen molar-refractivity contribution in [3.05, 3.63) is 89.2 Å². The second-order valence-corrected chi connectivity index (χ2v) is 6.42. The Morgan fingerprint density at radius 1 is 0.826 bits per heavy atom. The second kappa shape index (κ2) is 7.44. The van der Waals surface area contributed by atoms with E-state index < -0.39 is 0 Å². The SMILES string of the molecule is Fc1ccccc1N=Cc1ccc(Sc2ccc(Cl)cc2)cc1. The van der Waals surface area contributed by atoms with Gasteiger partial charge in [0.2, 0.25) is 0 Å². The Morgan fingerprint density at radius 3 is 2.09 bits per heavy atom. The lowest BCUT2D eigenvalue weighted by molar-refractivity contribution is 0.630. The van der Waals surface area contributed by atoms with Crippen LogP contribution in [0.5, 0.6) is 0 Å². The first kappa shape index (κ1) is 15.8. The second-order valence-electron chi connectivity index (χ2n) is 4.83. The van der Waals surface area contributed by atoms with Crippen molar-refractivity contribution in [2.45, 2.75) is 9.79 Å². The van der Waals surface area contributed by atoms with Crippen molar-refractivity contribution >= 4 is 35.3 Å². The van der Waals surface area contributed by atoms with E-state index in [0.717, 1.165) is 20.4 Å². The molecule has 0 heterocycles. The minimum Gasteiger partial charge on any atom is -0.253 e. The quantitative estimate of drug-likeness (QED) is 0.501. The van der Waals surface area contributed by atoms with Crippen LogP contribution in [0.1, 0.15) is 5.56 Å². The van der Waals surface area contributed by atoms with Gasteiger partial charge in [0.15, 0.2) is 0 Å². The van der Waals surface area contributed by atoms with Gasteiger partial charge in [-0.2, -0.15) is 0 Å². The Labute approximate surface area is 143 Å². The Kier molecular flexibility index (Phi) is 5.11. The smallest absolute Gasteiger partial charge is 0.148 e. The Bertz CT molecular complexity index is 814. The maximum Gasteiger partial charge on any atom is 0.148 e. The number of para-hydroxylation sites is 1. The van der Waals surface area contributed by atoms with E-state index in [1.807, 2.05) is 48.5 Å². The lowest BCUT2D eigenvalue weighted by Crippen LogP contribution is -1.82. The summed E-state index contributed by atoms with van der Waals surface area (Å²) in [4.78, 5) is 6.43. The Hall–Kier alpha value is -2.10. The lowest BCUT2D eigenvalue weighted by atomic mass is 10.2. The van der Waals surface area contributed by atoms with Crippen LogP contribution in [0.15, 0.2) is 87.6 Å². The van der Waals surface area contributed by atoms with E-state index in [1.54, 1.807) is 36.2 Å². The van der Waals surface area contributed by atoms with E-state index in [-0.39, 0.29) is 5.82 Å². The van der Waals surface area contributed by atoms with Gasteiger partial charge in [0, 0.05) is 21.0 Å². The van der Waals surface area contributed by atoms with Crippen molar-refractivity contribution in [1.29, 1.82) is 0 Å². The predicted octanol–water partition coefficient (Wildman–Crippen LogP) is 6.38. The molecule has 0 amide bonds. The summed E-state index contributed by atoms with van der Waals surface area (Å²) in [5, 5.41) is 0.731. The number of aliphatic imine (C=N–C) groups is 1. The summed E-state index contributed by atoms with van der Waals surface area (Å²) >= 11 is 7.54. The summed E-state index contributed by atoms with van der Waals surface area (Å²) in [7, 11) is 0. The van der Waals surface area contributed by atoms with Crippen LogP contribution in [0, 0.1) is 5.82 Å². The maximum atomic E-state index is 13.5. The highest BCUT2D eigenvalue weighted by Gasteiger charge is 1.99. The van der Waals surface area contributed by atoms with Gasteiger partial charge in [-0.3, -0.25) is 4.99 Å². The average molecular weight is 342 g/mol. The molecule has 0 radical (unpaired) electrons. The molecule has 0 fully saturated rings. The summed E-state index contributed by atoms with van der Waals surface area (Å²) in [6.07, 6.45) is 1.66. The molecule has 4 heteroatoms. The molecule has 3 rings (SSSR count). The Balaban J connectivity index is 1.69. The van der Waals surface area contributed by atoms with Gasteiger partial charge < -0.3 is 0 Å². The molecule has 0 aliphatic heterocycles. The highest BCUT2D eigenvalue weighted by Crippen LogP contribution is 2.28. The van der Waals surface area contributed by atoms with Crippen molar-refractivity contribution in [1.82, 2.24) is 0 Å². The van der Waals surface area contributed by atoms with Gasteiger partial charge in [-0.15, -0.1) is 0 Å². The molecule has 0 unspecified atom stereocenters. The van der Waals surface area contributed by atoms with E-state index >= 15 is 0 Å². The monoisotopic (exact) mass is 341 g/mol. The van der Waals surface area contributed by atoms with Crippen LogP contribution >= 0.6 is 23.4 Å². The van der Waals surface area contributed by atoms with E-state index in [0.29, 0.717) is 5.69 Å². The number of rotatable bonds is 4. The molecule has 0 aliphatic carbocycles. The Morgan fingerprint density at radius 2 is 1.43 bits per heavy atom. The molecule has 0 aliphatic rings. The number of hydrogen-bond acceptors (Lipinski definition) is 2. The van der Waals surface area contributed by atoms with Crippen molar-refractivity contribution in [2.24, 2.45) is 4.99 Å². The van der Waals surface area contributed by atoms with Gasteiger partial charge in [-0.05, 0) is 54.1 Å². The van der Waals surface area contributed by atoms with Crippen molar-refractivity contribution in [3.8, 4) is 0 Å². The molecule has 1 nitrogen and oxygen atoms in total. The molecule has 0 saturated carbocycles. The number of halogens is 2. The highest BCUT2D eigenvalue weighted by molar-refractivity contribution is 7.99. The number of nitrogens with zero attached hydrogens (tertiary/aromatic N) is 1. The summed E-state index contributed by atoms with van der Waals surface area (Å²) < 4.78 is 13.5. The molecule has 0 atom stereocenters. The zero-order valence-corrected chi connectivity index (χ0v) is 13.7. The molecular weight excluding hydrogens is 329 g/mol. The standard InChI is InChI=1S/C19H13ClFNS/c20-15-7-11-17(12-8-15)23-16-9-5-14(6-10-16)13-22-19-4-2-1-3-18(19)21/h1-13H. The van der Waals surface area contributed by atoms with Crippen LogP contribution in [0.3, 0.4) is 0 Å². The molecule has 23 heavy (non-hydrogen) atoms. The first-order valence-corrected chi connectivity index (χ1v) is 8.22. The third-order valence-electron chi connectivity index (χ3n) is 3.13. The highest BCUT2D eigenvalue weighted by atomic mass is 35.5. The lowest BCUT2D eigenvalue weighted by Gasteiger charge is -2.02. The largest absolute Gasteiger partial charge is 0.253 e. The number of hydrogen-bond donors (Lipinski definition) is 0. The van der Waals surface area contributed by atoms with E-state index in [4.69, 9.17) is 11.6 Å². The fourth-order valence-corrected chi connectivity index (χ4v) is 2.90. The van der Waals surface area contributed by atoms with Gasteiger partial charge in [-0.25, -0.2) is 4.39 Å². The van der Waals surface area contributed by atoms with Crippen LogP contribution in [-0.4, -0.2) is 6.21 Å². The summed E-state index contributed by atoms with van der Waals surface area (Å²) in [6.45, 7) is 0. The minimum atomic E-state index is -0.321. The van der Waals surface area contributed by atoms with E-state index in [1.165, 1.54) is 6.07 Å². The van der Waals surface area contributed by atoms with Crippen LogP contribution in [0.25, 0.3) is 0 Å². The molecule has 114 valence electrons. The maximum absolute atomic E-state index is 13.5. The predicted molar refractivity (Wildman–Crippen MR) is 95.7 cm³/mol. The fourth-order valence-electron chi connectivity index (χ4n) is 1.96. The normalized spacial score (nSPS) is 11.0. The molecule has 0 N–H and O–H groups in total. The molecule has 0 spiro atoms. The first-order chi connectivity index (χ1) is 11.2. The molecule has 0 bridgehead atoms. The van der Waals surface area contributed by atoms with Gasteiger partial charge >= 0.3 is 0 Å². The topological polar surface area (TPSA) is 12.4 Å². The third kappa shape index (κ3) is 4.44. The summed E-state index contributed by atoms with van der Waals surface area (Å²) in [5.41, 5.74) is 1.26. The molecular formula is C19H13ClFNS. The third-order valence-corrected chi connectivity index (χ3v) is 4.40. The van der Waals surface area contributed by atoms with Crippen molar-refractivity contribution in [2.75, 3.05) is 0 Å². The fraction of sp³-hybridized carbons (Fsp3) is 0. The summed E-state index contributed by atoms with van der Waals surface area (Å²) in [5.74, 6) is -0.321. The molecule has 0 saturated heterocycles. The minimum absolute atomic E-state index is 0.321. The van der Waals surface area contributed by atoms with Crippen LogP contribution in [0.4, 0.5) is 10.1 Å². The zero-order valence-electron chi connectivity index (χ0n) is 12.1. The van der Waals surface area contributed by atoms with E-state index in [2.05, 4.69) is 4.99 Å². The van der Waals surface area contributed by atoms with E-state index in [9.17, 15) is 4.39 Å². The first-order valence-electron chi connectivity index (χ1n) is 7.03. The van der Waals surface area contributed by atoms with Gasteiger partial charge in [-0.1, -0.05) is 47.6 Å². The molecule has 0 aromatic heterocycles.